The van der Waals surface area contributed by atoms with E-state index in [1.165, 1.54) is 12.1 Å². The zero-order valence-corrected chi connectivity index (χ0v) is 10.2. The maximum Gasteiger partial charge on any atom is 0.269 e. The summed E-state index contributed by atoms with van der Waals surface area (Å²) in [4.78, 5) is 10.1. The largest absolute Gasteiger partial charge is 0.269 e. The van der Waals surface area contributed by atoms with Crippen molar-refractivity contribution >= 4 is 5.69 Å². The first-order valence-electron chi connectivity index (χ1n) is 5.88. The standard InChI is InChI=1S/C15H12N2O2/c16-11-14(13-4-2-1-3-5-13)10-12-6-8-15(9-7-12)17(18)19/h1-9,14H,10H2. The highest BCUT2D eigenvalue weighted by Crippen LogP contribution is 2.21. The summed E-state index contributed by atoms with van der Waals surface area (Å²) in [5.41, 5.74) is 1.95. The summed E-state index contributed by atoms with van der Waals surface area (Å²) in [5.74, 6) is -0.234. The number of nitrogens with zero attached hydrogens (tertiary/aromatic N) is 2. The zero-order chi connectivity index (χ0) is 13.7. The van der Waals surface area contributed by atoms with Crippen molar-refractivity contribution in [2.75, 3.05) is 0 Å². The number of benzene rings is 2. The van der Waals surface area contributed by atoms with E-state index < -0.39 is 4.92 Å². The third-order valence-corrected chi connectivity index (χ3v) is 2.94. The van der Waals surface area contributed by atoms with Gasteiger partial charge < -0.3 is 0 Å². The molecule has 2 aromatic rings. The Hall–Kier alpha value is -2.67. The van der Waals surface area contributed by atoms with Crippen molar-refractivity contribution in [1.82, 2.24) is 0 Å². The third-order valence-electron chi connectivity index (χ3n) is 2.94. The van der Waals surface area contributed by atoms with E-state index in [2.05, 4.69) is 6.07 Å². The van der Waals surface area contributed by atoms with E-state index in [9.17, 15) is 15.4 Å². The predicted molar refractivity (Wildman–Crippen MR) is 71.6 cm³/mol. The van der Waals surface area contributed by atoms with Crippen LogP contribution in [-0.2, 0) is 6.42 Å². The molecule has 0 heterocycles. The van der Waals surface area contributed by atoms with Crippen LogP contribution in [0.1, 0.15) is 17.0 Å². The van der Waals surface area contributed by atoms with Gasteiger partial charge in [-0.05, 0) is 17.5 Å². The van der Waals surface area contributed by atoms with Crippen molar-refractivity contribution < 1.29 is 4.92 Å². The molecule has 4 nitrogen and oxygen atoms in total. The van der Waals surface area contributed by atoms with Crippen LogP contribution in [0, 0.1) is 21.4 Å². The molecule has 0 aromatic heterocycles. The summed E-state index contributed by atoms with van der Waals surface area (Å²) in [6, 6.07) is 18.1. The molecular formula is C15H12N2O2. The summed E-state index contributed by atoms with van der Waals surface area (Å²) in [6.07, 6.45) is 0.554. The minimum absolute atomic E-state index is 0.0666. The van der Waals surface area contributed by atoms with Gasteiger partial charge in [0.1, 0.15) is 0 Å². The molecule has 0 bridgehead atoms. The molecule has 0 radical (unpaired) electrons. The van der Waals surface area contributed by atoms with Gasteiger partial charge in [-0.15, -0.1) is 0 Å². The van der Waals surface area contributed by atoms with E-state index in [0.717, 1.165) is 11.1 Å². The Morgan fingerprint density at radius 1 is 1.11 bits per heavy atom. The second kappa shape index (κ2) is 5.78. The molecule has 0 amide bonds. The predicted octanol–water partition coefficient (Wildman–Crippen LogP) is 3.44. The first kappa shape index (κ1) is 12.8. The molecule has 0 aliphatic carbocycles. The monoisotopic (exact) mass is 252 g/mol. The average molecular weight is 252 g/mol. The summed E-state index contributed by atoms with van der Waals surface area (Å²) >= 11 is 0. The van der Waals surface area contributed by atoms with E-state index in [1.807, 2.05) is 30.3 Å². The number of nitriles is 1. The number of nitro groups is 1. The van der Waals surface area contributed by atoms with Crippen LogP contribution < -0.4 is 0 Å². The second-order valence-corrected chi connectivity index (χ2v) is 4.22. The van der Waals surface area contributed by atoms with Crippen LogP contribution >= 0.6 is 0 Å². The maximum atomic E-state index is 10.6. The van der Waals surface area contributed by atoms with Crippen molar-refractivity contribution in [1.29, 1.82) is 5.26 Å². The van der Waals surface area contributed by atoms with Crippen LogP contribution in [0.4, 0.5) is 5.69 Å². The van der Waals surface area contributed by atoms with Crippen LogP contribution in [0.2, 0.25) is 0 Å². The average Bonchev–Trinajstić information content (AvgIpc) is 2.46. The highest BCUT2D eigenvalue weighted by atomic mass is 16.6. The Kier molecular flexibility index (Phi) is 3.89. The number of hydrogen-bond donors (Lipinski definition) is 0. The molecule has 0 saturated heterocycles. The molecule has 2 rings (SSSR count). The van der Waals surface area contributed by atoms with Crippen molar-refractivity contribution in [2.24, 2.45) is 0 Å². The van der Waals surface area contributed by atoms with Gasteiger partial charge in [-0.1, -0.05) is 42.5 Å². The molecule has 0 aliphatic rings. The lowest BCUT2D eigenvalue weighted by Crippen LogP contribution is -2.00. The van der Waals surface area contributed by atoms with Gasteiger partial charge in [0.2, 0.25) is 0 Å². The van der Waals surface area contributed by atoms with Crippen LogP contribution in [0.15, 0.2) is 54.6 Å². The lowest BCUT2D eigenvalue weighted by molar-refractivity contribution is -0.384. The Bertz CT molecular complexity index is 600. The Labute approximate surface area is 111 Å². The Morgan fingerprint density at radius 3 is 2.26 bits per heavy atom. The van der Waals surface area contributed by atoms with Gasteiger partial charge in [-0.3, -0.25) is 10.1 Å². The molecule has 0 fully saturated rings. The van der Waals surface area contributed by atoms with Crippen LogP contribution in [-0.4, -0.2) is 4.92 Å². The molecule has 0 N–H and O–H groups in total. The second-order valence-electron chi connectivity index (χ2n) is 4.22. The smallest absolute Gasteiger partial charge is 0.258 e. The van der Waals surface area contributed by atoms with Gasteiger partial charge in [0, 0.05) is 12.1 Å². The van der Waals surface area contributed by atoms with Crippen molar-refractivity contribution in [2.45, 2.75) is 12.3 Å². The highest BCUT2D eigenvalue weighted by molar-refractivity contribution is 5.35. The van der Waals surface area contributed by atoms with E-state index >= 15 is 0 Å². The van der Waals surface area contributed by atoms with Crippen LogP contribution in [0.25, 0.3) is 0 Å². The molecule has 1 unspecified atom stereocenters. The number of nitro benzene ring substituents is 1. The van der Waals surface area contributed by atoms with Gasteiger partial charge in [0.15, 0.2) is 0 Å². The summed E-state index contributed by atoms with van der Waals surface area (Å²) in [5, 5.41) is 19.8. The van der Waals surface area contributed by atoms with Gasteiger partial charge in [-0.25, -0.2) is 0 Å². The summed E-state index contributed by atoms with van der Waals surface area (Å²) in [7, 11) is 0. The number of non-ortho nitro benzene ring substituents is 1. The first-order chi connectivity index (χ1) is 9.20. The fourth-order valence-corrected chi connectivity index (χ4v) is 1.91. The minimum atomic E-state index is -0.428. The fourth-order valence-electron chi connectivity index (χ4n) is 1.91. The van der Waals surface area contributed by atoms with Gasteiger partial charge in [-0.2, -0.15) is 5.26 Å². The molecule has 94 valence electrons. The molecule has 0 spiro atoms. The minimum Gasteiger partial charge on any atom is -0.258 e. The SMILES string of the molecule is N#CC(Cc1ccc([N+](=O)[O-])cc1)c1ccccc1. The number of hydrogen-bond acceptors (Lipinski definition) is 3. The molecule has 19 heavy (non-hydrogen) atoms. The molecule has 0 saturated carbocycles. The third kappa shape index (κ3) is 3.17. The van der Waals surface area contributed by atoms with Crippen molar-refractivity contribution in [3.63, 3.8) is 0 Å². The van der Waals surface area contributed by atoms with Gasteiger partial charge in [0.05, 0.1) is 16.9 Å². The maximum absolute atomic E-state index is 10.6. The molecular weight excluding hydrogens is 240 g/mol. The quantitative estimate of drug-likeness (QED) is 0.618. The van der Waals surface area contributed by atoms with Crippen LogP contribution in [0.3, 0.4) is 0 Å². The van der Waals surface area contributed by atoms with E-state index in [4.69, 9.17) is 0 Å². The van der Waals surface area contributed by atoms with Crippen molar-refractivity contribution in [3.8, 4) is 6.07 Å². The summed E-state index contributed by atoms with van der Waals surface area (Å²) < 4.78 is 0. The Balaban J connectivity index is 2.16. The van der Waals surface area contributed by atoms with Gasteiger partial charge >= 0.3 is 0 Å². The van der Waals surface area contributed by atoms with Gasteiger partial charge in [0.25, 0.3) is 5.69 Å². The normalized spacial score (nSPS) is 11.5. The van der Waals surface area contributed by atoms with Crippen LogP contribution in [0.5, 0.6) is 0 Å². The molecule has 1 atom stereocenters. The molecule has 2 aromatic carbocycles. The number of rotatable bonds is 4. The topological polar surface area (TPSA) is 66.9 Å². The fraction of sp³-hybridized carbons (Fsp3) is 0.133. The van der Waals surface area contributed by atoms with E-state index in [-0.39, 0.29) is 11.6 Å². The lowest BCUT2D eigenvalue weighted by atomic mass is 9.93. The summed E-state index contributed by atoms with van der Waals surface area (Å²) in [6.45, 7) is 0. The lowest BCUT2D eigenvalue weighted by Gasteiger charge is -2.09. The highest BCUT2D eigenvalue weighted by Gasteiger charge is 2.12. The Morgan fingerprint density at radius 2 is 1.74 bits per heavy atom. The molecule has 0 aliphatic heterocycles. The van der Waals surface area contributed by atoms with E-state index in [0.29, 0.717) is 6.42 Å². The zero-order valence-electron chi connectivity index (χ0n) is 10.2. The first-order valence-corrected chi connectivity index (χ1v) is 5.88. The molecule has 4 heteroatoms. The van der Waals surface area contributed by atoms with E-state index in [1.54, 1.807) is 12.1 Å². The van der Waals surface area contributed by atoms with Crippen molar-refractivity contribution in [3.05, 3.63) is 75.8 Å².